The van der Waals surface area contributed by atoms with Gasteiger partial charge >= 0.3 is 5.97 Å². The minimum Gasteiger partial charge on any atom is -0.480 e. The summed E-state index contributed by atoms with van der Waals surface area (Å²) in [4.78, 5) is 63.3. The molecule has 8 N–H and O–H groups in total. The van der Waals surface area contributed by atoms with E-state index in [4.69, 9.17) is 10.8 Å². The second kappa shape index (κ2) is 11.2. The fraction of sp³-hybridized carbons (Fsp3) is 0.429. The monoisotopic (exact) mass is 383 g/mol. The van der Waals surface area contributed by atoms with Gasteiger partial charge in [-0.1, -0.05) is 0 Å². The van der Waals surface area contributed by atoms with Crippen LogP contribution in [-0.2, 0) is 30.4 Å². The van der Waals surface area contributed by atoms with Crippen LogP contribution in [0.3, 0.4) is 0 Å². The molecule has 0 spiro atoms. The van der Waals surface area contributed by atoms with E-state index in [2.05, 4.69) is 31.2 Å². The van der Waals surface area contributed by atoms with Crippen LogP contribution < -0.4 is 27.0 Å². The number of carboxylic acids is 1. The summed E-state index contributed by atoms with van der Waals surface area (Å²) >= 11 is 0. The normalized spacial score (nSPS) is 11.1. The third-order valence-corrected chi connectivity index (χ3v) is 3.14. The van der Waals surface area contributed by atoms with E-state index in [0.717, 1.165) is 0 Å². The molecule has 13 heteroatoms. The van der Waals surface area contributed by atoms with Gasteiger partial charge in [-0.2, -0.15) is 0 Å². The molecule has 0 saturated carbocycles. The Morgan fingerprint density at radius 2 is 1.56 bits per heavy atom. The van der Waals surface area contributed by atoms with E-state index in [1.165, 1.54) is 12.5 Å². The van der Waals surface area contributed by atoms with E-state index in [-0.39, 0.29) is 19.5 Å². The van der Waals surface area contributed by atoms with Gasteiger partial charge in [-0.05, 0) is 0 Å². The molecule has 0 radical (unpaired) electrons. The lowest BCUT2D eigenvalue weighted by Gasteiger charge is -2.14. The van der Waals surface area contributed by atoms with Gasteiger partial charge in [0.25, 0.3) is 0 Å². The van der Waals surface area contributed by atoms with Crippen LogP contribution in [0.4, 0.5) is 0 Å². The summed E-state index contributed by atoms with van der Waals surface area (Å²) in [6.45, 7) is -1.48. The highest BCUT2D eigenvalue weighted by Crippen LogP contribution is 1.98. The van der Waals surface area contributed by atoms with Crippen molar-refractivity contribution >= 4 is 29.6 Å². The van der Waals surface area contributed by atoms with Crippen molar-refractivity contribution in [1.29, 1.82) is 0 Å². The fourth-order valence-corrected chi connectivity index (χ4v) is 1.80. The highest BCUT2D eigenvalue weighted by Gasteiger charge is 2.21. The first-order valence-corrected chi connectivity index (χ1v) is 7.81. The number of hydrogen-bond acceptors (Lipinski definition) is 7. The van der Waals surface area contributed by atoms with Gasteiger partial charge in [-0.3, -0.25) is 19.2 Å². The number of carbonyl (C=O) groups is 5. The second-order valence-electron chi connectivity index (χ2n) is 5.27. The topological polar surface area (TPSA) is 208 Å². The lowest BCUT2D eigenvalue weighted by molar-refractivity contribution is -0.141. The van der Waals surface area contributed by atoms with E-state index >= 15 is 0 Å². The molecule has 27 heavy (non-hydrogen) atoms. The molecule has 1 aromatic heterocycles. The summed E-state index contributed by atoms with van der Waals surface area (Å²) in [6, 6.07) is -1.19. The number of carbonyl (C=O) groups excluding carboxylic acids is 4. The number of aromatic amines is 1. The number of hydrogen-bond donors (Lipinski definition) is 7. The Morgan fingerprint density at radius 3 is 2.04 bits per heavy atom. The van der Waals surface area contributed by atoms with Crippen LogP contribution in [0.25, 0.3) is 0 Å². The van der Waals surface area contributed by atoms with Crippen LogP contribution in [0.2, 0.25) is 0 Å². The molecule has 0 bridgehead atoms. The Balaban J connectivity index is 2.29. The summed E-state index contributed by atoms with van der Waals surface area (Å²) in [5.41, 5.74) is 5.58. The first kappa shape index (κ1) is 21.6. The number of H-pyrrole nitrogens is 1. The van der Waals surface area contributed by atoms with Crippen molar-refractivity contribution in [3.8, 4) is 0 Å². The molecule has 1 heterocycles. The van der Waals surface area contributed by atoms with Crippen molar-refractivity contribution in [3.63, 3.8) is 0 Å². The zero-order valence-electron chi connectivity index (χ0n) is 14.3. The predicted molar refractivity (Wildman–Crippen MR) is 89.9 cm³/mol. The fourth-order valence-electron chi connectivity index (χ4n) is 1.80. The van der Waals surface area contributed by atoms with Gasteiger partial charge in [-0.15, -0.1) is 0 Å². The van der Waals surface area contributed by atoms with E-state index < -0.39 is 48.7 Å². The van der Waals surface area contributed by atoms with Crippen LogP contribution in [0, 0.1) is 0 Å². The van der Waals surface area contributed by atoms with Gasteiger partial charge in [-0.25, -0.2) is 9.78 Å². The molecule has 0 aliphatic carbocycles. The van der Waals surface area contributed by atoms with Gasteiger partial charge < -0.3 is 37.1 Å². The molecule has 1 atom stereocenters. The molecule has 0 saturated heterocycles. The maximum Gasteiger partial charge on any atom is 0.326 e. The number of aliphatic carboxylic acids is 1. The highest BCUT2D eigenvalue weighted by atomic mass is 16.4. The number of rotatable bonds is 11. The van der Waals surface area contributed by atoms with Gasteiger partial charge in [0.15, 0.2) is 0 Å². The van der Waals surface area contributed by atoms with Crippen LogP contribution in [0.5, 0.6) is 0 Å². The van der Waals surface area contributed by atoms with Crippen molar-refractivity contribution in [2.75, 3.05) is 26.2 Å². The smallest absolute Gasteiger partial charge is 0.326 e. The molecule has 4 amide bonds. The van der Waals surface area contributed by atoms with E-state index in [1.54, 1.807) is 0 Å². The SMILES string of the molecule is NCC(=O)NCC(=O)NCC(=O)NCC(=O)N[C@@H](Cc1cnc[nH]1)C(=O)O. The number of amides is 4. The molecule has 0 aliphatic rings. The van der Waals surface area contributed by atoms with Gasteiger partial charge in [0.1, 0.15) is 6.04 Å². The number of nitrogens with one attached hydrogen (secondary N) is 5. The second-order valence-corrected chi connectivity index (χ2v) is 5.27. The molecule has 0 unspecified atom stereocenters. The minimum absolute atomic E-state index is 0.000399. The lowest BCUT2D eigenvalue weighted by atomic mass is 10.1. The maximum absolute atomic E-state index is 11.8. The summed E-state index contributed by atoms with van der Waals surface area (Å²) < 4.78 is 0. The average molecular weight is 383 g/mol. The Morgan fingerprint density at radius 1 is 1.00 bits per heavy atom. The summed E-state index contributed by atoms with van der Waals surface area (Å²) in [7, 11) is 0. The van der Waals surface area contributed by atoms with Crippen molar-refractivity contribution in [2.45, 2.75) is 12.5 Å². The Bertz CT molecular complexity index is 676. The van der Waals surface area contributed by atoms with E-state index in [1.807, 2.05) is 0 Å². The molecule has 13 nitrogen and oxygen atoms in total. The van der Waals surface area contributed by atoms with E-state index in [9.17, 15) is 24.0 Å². The van der Waals surface area contributed by atoms with Crippen LogP contribution in [-0.4, -0.2) is 76.9 Å². The number of nitrogens with zero attached hydrogens (tertiary/aromatic N) is 1. The minimum atomic E-state index is -1.24. The Labute approximate surface area is 153 Å². The van der Waals surface area contributed by atoms with Crippen LogP contribution >= 0.6 is 0 Å². The molecule has 148 valence electrons. The predicted octanol–water partition coefficient (Wildman–Crippen LogP) is -4.17. The summed E-state index contributed by atoms with van der Waals surface area (Å²) in [6.07, 6.45) is 2.81. The first-order chi connectivity index (χ1) is 12.8. The van der Waals surface area contributed by atoms with Crippen molar-refractivity contribution < 1.29 is 29.1 Å². The quantitative estimate of drug-likeness (QED) is 0.199. The largest absolute Gasteiger partial charge is 0.480 e. The van der Waals surface area contributed by atoms with Crippen LogP contribution in [0.1, 0.15) is 5.69 Å². The van der Waals surface area contributed by atoms with Crippen LogP contribution in [0.15, 0.2) is 12.5 Å². The molecule has 1 aromatic rings. The first-order valence-electron chi connectivity index (χ1n) is 7.81. The van der Waals surface area contributed by atoms with Crippen molar-refractivity contribution in [1.82, 2.24) is 31.2 Å². The number of nitrogens with two attached hydrogens (primary N) is 1. The third kappa shape index (κ3) is 8.97. The molecule has 1 rings (SSSR count). The van der Waals surface area contributed by atoms with Gasteiger partial charge in [0.2, 0.25) is 23.6 Å². The Kier molecular flexibility index (Phi) is 8.94. The van der Waals surface area contributed by atoms with Gasteiger partial charge in [0.05, 0.1) is 32.5 Å². The number of imidazole rings is 1. The molecule has 0 fully saturated rings. The summed E-state index contributed by atoms with van der Waals surface area (Å²) in [5.74, 6) is -3.74. The summed E-state index contributed by atoms with van der Waals surface area (Å²) in [5, 5.41) is 18.1. The standard InChI is InChI=1S/C14H21N7O6/c15-2-10(22)17-4-11(23)18-5-12(24)19-6-13(25)21-9(14(26)27)1-8-3-16-7-20-8/h3,7,9H,1-2,4-6,15H2,(H,16,20)(H,17,22)(H,18,23)(H,19,24)(H,21,25)(H,26,27)/t9-/m0/s1. The Hall–Kier alpha value is -3.48. The zero-order valence-corrected chi connectivity index (χ0v) is 14.3. The molecular weight excluding hydrogens is 362 g/mol. The van der Waals surface area contributed by atoms with Gasteiger partial charge in [0, 0.05) is 18.3 Å². The van der Waals surface area contributed by atoms with E-state index in [0.29, 0.717) is 5.69 Å². The highest BCUT2D eigenvalue weighted by molar-refractivity contribution is 5.91. The zero-order chi connectivity index (χ0) is 20.2. The average Bonchev–Trinajstić information content (AvgIpc) is 3.15. The molecular formula is C14H21N7O6. The molecule has 0 aromatic carbocycles. The third-order valence-electron chi connectivity index (χ3n) is 3.14. The van der Waals surface area contributed by atoms with Crippen molar-refractivity contribution in [2.24, 2.45) is 5.73 Å². The van der Waals surface area contributed by atoms with Crippen molar-refractivity contribution in [3.05, 3.63) is 18.2 Å². The molecule has 0 aliphatic heterocycles. The number of carboxylic acid groups (broad SMARTS) is 1. The maximum atomic E-state index is 11.8. The number of aromatic nitrogens is 2. The lowest BCUT2D eigenvalue weighted by Crippen LogP contribution is -2.48.